The Hall–Kier alpha value is -0.960. The molecule has 392 valence electrons. The molecule has 0 bridgehead atoms. The normalized spacial score (nSPS) is 23.5. The first-order valence-electron chi connectivity index (χ1n) is 28.3. The molecule has 0 aromatic heterocycles. The molecular weight excluding hydrogens is 827 g/mol. The Labute approximate surface area is 408 Å². The number of hydrogen-bond donors (Lipinski definition) is 5. The van der Waals surface area contributed by atoms with Crippen molar-refractivity contribution in [3.05, 3.63) is 24.3 Å². The average molecular weight is 939 g/mol. The second-order valence-corrected chi connectivity index (χ2v) is 18.5. The van der Waals surface area contributed by atoms with Gasteiger partial charge in [-0.1, -0.05) is 146 Å². The summed E-state index contributed by atoms with van der Waals surface area (Å²) >= 11 is 0. The smallest absolute Gasteiger partial charge is 0.0652 e. The number of morpholine rings is 1. The second kappa shape index (κ2) is 60.2. The molecule has 7 saturated heterocycles. The lowest BCUT2D eigenvalue weighted by atomic mass is 10.0. The van der Waals surface area contributed by atoms with Crippen LogP contribution >= 0.6 is 0 Å². The Morgan fingerprint density at radius 2 is 0.500 bits per heavy atom. The lowest BCUT2D eigenvalue weighted by Gasteiger charge is -2.10. The van der Waals surface area contributed by atoms with Crippen LogP contribution in [0.4, 0.5) is 0 Å². The van der Waals surface area contributed by atoms with Crippen LogP contribution < -0.4 is 26.6 Å². The van der Waals surface area contributed by atoms with Gasteiger partial charge in [-0.05, 0) is 96.8 Å². The van der Waals surface area contributed by atoms with Gasteiger partial charge in [-0.3, -0.25) is 0 Å². The largest absolute Gasteiger partial charge is 0.381 e. The number of rotatable bonds is 0. The van der Waals surface area contributed by atoms with E-state index in [1.807, 2.05) is 18.2 Å². The minimum atomic E-state index is 0.819. The van der Waals surface area contributed by atoms with E-state index >= 15 is 0 Å². The molecule has 0 atom stereocenters. The summed E-state index contributed by atoms with van der Waals surface area (Å²) in [5.41, 5.74) is 0. The van der Waals surface area contributed by atoms with Crippen molar-refractivity contribution in [1.82, 2.24) is 26.6 Å². The molecule has 11 fully saturated rings. The Morgan fingerprint density at radius 1 is 0.197 bits per heavy atom. The number of piperidine rings is 1. The van der Waals surface area contributed by atoms with E-state index < -0.39 is 0 Å². The topological polar surface area (TPSA) is 116 Å². The van der Waals surface area contributed by atoms with Crippen molar-refractivity contribution in [3.8, 4) is 0 Å². The van der Waals surface area contributed by atoms with Crippen LogP contribution in [0.5, 0.6) is 0 Å². The molecule has 4 aliphatic carbocycles. The highest BCUT2D eigenvalue weighted by Crippen LogP contribution is 2.16. The molecule has 13 rings (SSSR count). The third-order valence-corrected chi connectivity index (χ3v) is 11.7. The van der Waals surface area contributed by atoms with Crippen LogP contribution in [-0.4, -0.2) is 138 Å². The molecule has 11 nitrogen and oxygen atoms in total. The van der Waals surface area contributed by atoms with Gasteiger partial charge in [0.15, 0.2) is 0 Å². The van der Waals surface area contributed by atoms with Crippen LogP contribution in [0.25, 0.3) is 0 Å². The molecule has 5 N–H and O–H groups in total. The number of nitrogens with one attached hydrogen (secondary N) is 5. The fourth-order valence-electron chi connectivity index (χ4n) is 6.75. The summed E-state index contributed by atoms with van der Waals surface area (Å²) in [5.74, 6) is 0. The molecule has 0 amide bonds. The van der Waals surface area contributed by atoms with Gasteiger partial charge in [0, 0.05) is 72.5 Å². The fourth-order valence-corrected chi connectivity index (χ4v) is 6.75. The second-order valence-electron chi connectivity index (χ2n) is 18.5. The van der Waals surface area contributed by atoms with Crippen molar-refractivity contribution in [2.24, 2.45) is 0 Å². The molecule has 9 aliphatic heterocycles. The van der Waals surface area contributed by atoms with Gasteiger partial charge in [0.25, 0.3) is 0 Å². The van der Waals surface area contributed by atoms with Crippen LogP contribution in [0, 0.1) is 0 Å². The molecule has 0 unspecified atom stereocenters. The van der Waals surface area contributed by atoms with Crippen molar-refractivity contribution in [1.29, 1.82) is 0 Å². The third-order valence-electron chi connectivity index (χ3n) is 11.7. The predicted octanol–water partition coefficient (Wildman–Crippen LogP) is 10.8. The van der Waals surface area contributed by atoms with E-state index in [4.69, 9.17) is 28.4 Å². The van der Waals surface area contributed by atoms with Gasteiger partial charge >= 0.3 is 0 Å². The quantitative estimate of drug-likeness (QED) is 0.150. The van der Waals surface area contributed by atoms with E-state index in [0.717, 1.165) is 119 Å². The first kappa shape index (κ1) is 63.1. The Balaban J connectivity index is 0.000000359. The molecule has 0 spiro atoms. The molecular formula is C55H111N5O6. The van der Waals surface area contributed by atoms with E-state index in [9.17, 15) is 0 Å². The maximum atomic E-state index is 5.07. The summed E-state index contributed by atoms with van der Waals surface area (Å²) in [6, 6.07) is 0. The standard InChI is InChI=1S/C6H12.C5H11N.C5H10O.C5H8O.C5H10.C4H9NO.C4H9N.C4H8O.C4H6O.C4H8.C3H8N2.C3H6O.C3H6/c4*1-2-4-6-5-3-1;1-2-4-5-3-1;1-3-6-4-2-5-1;3*1-2-4-5-3-1;1-2-4-3-1;1-2-5-3-4-1;1-2-4-3-1;1-2-3-1/h1-6H2;6H,1-5H2;1-5H2;1-2H,3-5H2;1-5H2;5H,1-4H2;5H,1-4H2;1-4H2;1-2H,3-4H2;1-4H2;4-5H,1-3H2;1-3H2;1-3H2. The third kappa shape index (κ3) is 61.1. The van der Waals surface area contributed by atoms with Crippen molar-refractivity contribution >= 4 is 0 Å². The van der Waals surface area contributed by atoms with Gasteiger partial charge in [0.05, 0.1) is 39.6 Å². The summed E-state index contributed by atoms with van der Waals surface area (Å²) in [4.78, 5) is 0. The van der Waals surface area contributed by atoms with Gasteiger partial charge in [0.2, 0.25) is 0 Å². The number of ether oxygens (including phenoxy) is 6. The van der Waals surface area contributed by atoms with E-state index in [1.165, 1.54) is 212 Å². The predicted molar refractivity (Wildman–Crippen MR) is 281 cm³/mol. The molecule has 9 heterocycles. The van der Waals surface area contributed by atoms with E-state index in [-0.39, 0.29) is 0 Å². The van der Waals surface area contributed by atoms with Crippen molar-refractivity contribution in [2.45, 2.75) is 193 Å². The van der Waals surface area contributed by atoms with Crippen LogP contribution in [-0.2, 0) is 28.4 Å². The van der Waals surface area contributed by atoms with Crippen LogP contribution in [0.1, 0.15) is 193 Å². The zero-order chi connectivity index (χ0) is 46.7. The van der Waals surface area contributed by atoms with E-state index in [1.54, 1.807) is 0 Å². The Bertz CT molecular complexity index is 695. The van der Waals surface area contributed by atoms with Crippen molar-refractivity contribution < 1.29 is 28.4 Å². The molecule has 0 aromatic rings. The van der Waals surface area contributed by atoms with Gasteiger partial charge in [0.1, 0.15) is 0 Å². The molecule has 0 radical (unpaired) electrons. The van der Waals surface area contributed by atoms with Crippen molar-refractivity contribution in [2.75, 3.05) is 138 Å². The minimum absolute atomic E-state index is 0.819. The van der Waals surface area contributed by atoms with Gasteiger partial charge < -0.3 is 55.0 Å². The summed E-state index contributed by atoms with van der Waals surface area (Å²) in [6.45, 7) is 21.5. The minimum Gasteiger partial charge on any atom is -0.381 e. The average Bonchev–Trinajstić information content (AvgIpc) is 4.16. The molecule has 4 saturated carbocycles. The zero-order valence-electron chi connectivity index (χ0n) is 43.3. The maximum Gasteiger partial charge on any atom is 0.0652 e. The van der Waals surface area contributed by atoms with Crippen LogP contribution in [0.15, 0.2) is 24.3 Å². The lowest BCUT2D eigenvalue weighted by Crippen LogP contribution is -2.30. The van der Waals surface area contributed by atoms with Crippen LogP contribution in [0.3, 0.4) is 0 Å². The highest BCUT2D eigenvalue weighted by Gasteiger charge is 1.99. The lowest BCUT2D eigenvalue weighted by molar-refractivity contribution is 0.0367. The molecule has 13 aliphatic rings. The highest BCUT2D eigenvalue weighted by atomic mass is 16.5. The Morgan fingerprint density at radius 3 is 0.636 bits per heavy atom. The van der Waals surface area contributed by atoms with Gasteiger partial charge in [-0.15, -0.1) is 0 Å². The van der Waals surface area contributed by atoms with E-state index in [2.05, 4.69) is 32.7 Å². The highest BCUT2D eigenvalue weighted by molar-refractivity contribution is 4.86. The van der Waals surface area contributed by atoms with E-state index in [0.29, 0.717) is 0 Å². The summed E-state index contributed by atoms with van der Waals surface area (Å²) in [6.07, 6.45) is 51.1. The SMILES string of the molecule is C1=CCOC1.C1=CCOCC1.C1CC1.C1CCC1.C1CCCC1.C1CCCCC1.C1CCNC1.C1CCNCC1.C1CCOC1.C1CCOCC1.C1CNCN1.C1COC1.C1COCCN1. The summed E-state index contributed by atoms with van der Waals surface area (Å²) in [5, 5.41) is 15.9. The zero-order valence-corrected chi connectivity index (χ0v) is 43.3. The van der Waals surface area contributed by atoms with Crippen molar-refractivity contribution in [3.63, 3.8) is 0 Å². The first-order chi connectivity index (χ1) is 33.0. The molecule has 0 aromatic carbocycles. The summed E-state index contributed by atoms with van der Waals surface area (Å²) in [7, 11) is 0. The number of hydrogen-bond acceptors (Lipinski definition) is 11. The van der Waals surface area contributed by atoms with Gasteiger partial charge in [-0.25, -0.2) is 0 Å². The summed E-state index contributed by atoms with van der Waals surface area (Å²) < 4.78 is 29.6. The first-order valence-corrected chi connectivity index (χ1v) is 28.3. The monoisotopic (exact) mass is 938 g/mol. The van der Waals surface area contributed by atoms with Crippen LogP contribution in [0.2, 0.25) is 0 Å². The fraction of sp³-hybridized carbons (Fsp3) is 0.927. The molecule has 11 heteroatoms. The molecule has 66 heavy (non-hydrogen) atoms. The Kier molecular flexibility index (Phi) is 57.5. The maximum absolute atomic E-state index is 5.07. The van der Waals surface area contributed by atoms with Gasteiger partial charge in [-0.2, -0.15) is 0 Å².